The van der Waals surface area contributed by atoms with Gasteiger partial charge < -0.3 is 5.32 Å². The fraction of sp³-hybridized carbons (Fsp3) is 0. The third-order valence-corrected chi connectivity index (χ3v) is 3.29. The SMILES string of the molecule is O=C1NC(=Cc2cccc(Cl)c2)C(=O)N1c1ccccc1. The summed E-state index contributed by atoms with van der Waals surface area (Å²) in [5.41, 5.74) is 1.52. The van der Waals surface area contributed by atoms with E-state index in [1.807, 2.05) is 12.1 Å². The minimum absolute atomic E-state index is 0.228. The highest BCUT2D eigenvalue weighted by molar-refractivity contribution is 6.31. The summed E-state index contributed by atoms with van der Waals surface area (Å²) >= 11 is 5.91. The highest BCUT2D eigenvalue weighted by atomic mass is 35.5. The second-order valence-electron chi connectivity index (χ2n) is 4.52. The third kappa shape index (κ3) is 2.66. The number of hydrogen-bond acceptors (Lipinski definition) is 2. The largest absolute Gasteiger partial charge is 0.333 e. The number of halogens is 1. The molecule has 0 unspecified atom stereocenters. The highest BCUT2D eigenvalue weighted by Gasteiger charge is 2.34. The molecule has 1 heterocycles. The van der Waals surface area contributed by atoms with Crippen molar-refractivity contribution in [2.45, 2.75) is 0 Å². The maximum atomic E-state index is 12.3. The molecule has 1 aliphatic rings. The fourth-order valence-corrected chi connectivity index (χ4v) is 2.31. The minimum Gasteiger partial charge on any atom is -0.302 e. The van der Waals surface area contributed by atoms with Crippen molar-refractivity contribution in [1.29, 1.82) is 0 Å². The van der Waals surface area contributed by atoms with E-state index >= 15 is 0 Å². The number of nitrogens with one attached hydrogen (secondary N) is 1. The van der Waals surface area contributed by atoms with Gasteiger partial charge in [0.15, 0.2) is 0 Å². The molecular weight excluding hydrogens is 288 g/mol. The Bertz CT molecular complexity index is 741. The Morgan fingerprint density at radius 1 is 1.00 bits per heavy atom. The Hall–Kier alpha value is -2.59. The van der Waals surface area contributed by atoms with Crippen LogP contribution in [0.5, 0.6) is 0 Å². The first-order valence-electron chi connectivity index (χ1n) is 6.33. The van der Waals surface area contributed by atoms with E-state index in [0.29, 0.717) is 10.7 Å². The van der Waals surface area contributed by atoms with Gasteiger partial charge in [0.25, 0.3) is 5.91 Å². The summed E-state index contributed by atoms with van der Waals surface area (Å²) < 4.78 is 0. The van der Waals surface area contributed by atoms with Gasteiger partial charge in [0, 0.05) is 5.02 Å². The summed E-state index contributed by atoms with van der Waals surface area (Å²) in [6.45, 7) is 0. The number of carbonyl (C=O) groups excluding carboxylic acids is 2. The summed E-state index contributed by atoms with van der Waals surface area (Å²) in [6, 6.07) is 15.4. The summed E-state index contributed by atoms with van der Waals surface area (Å²) in [7, 11) is 0. The fourth-order valence-electron chi connectivity index (χ4n) is 2.11. The first kappa shape index (κ1) is 13.4. The number of amides is 3. The van der Waals surface area contributed by atoms with Crippen LogP contribution in [0.3, 0.4) is 0 Å². The van der Waals surface area contributed by atoms with E-state index < -0.39 is 6.03 Å². The zero-order chi connectivity index (χ0) is 14.8. The van der Waals surface area contributed by atoms with E-state index in [4.69, 9.17) is 11.6 Å². The molecule has 0 spiro atoms. The second-order valence-corrected chi connectivity index (χ2v) is 4.96. The number of nitrogens with zero attached hydrogens (tertiary/aromatic N) is 1. The molecule has 0 atom stereocenters. The minimum atomic E-state index is -0.459. The van der Waals surface area contributed by atoms with Crippen LogP contribution in [0.15, 0.2) is 60.3 Å². The van der Waals surface area contributed by atoms with Gasteiger partial charge in [-0.2, -0.15) is 0 Å². The van der Waals surface area contributed by atoms with E-state index in [1.54, 1.807) is 48.5 Å². The van der Waals surface area contributed by atoms with E-state index in [2.05, 4.69) is 5.32 Å². The first-order valence-corrected chi connectivity index (χ1v) is 6.71. The molecule has 0 aromatic heterocycles. The molecule has 0 saturated carbocycles. The lowest BCUT2D eigenvalue weighted by Gasteiger charge is -2.10. The van der Waals surface area contributed by atoms with Crippen molar-refractivity contribution >= 4 is 35.3 Å². The van der Waals surface area contributed by atoms with Crippen LogP contribution >= 0.6 is 11.6 Å². The van der Waals surface area contributed by atoms with Crippen molar-refractivity contribution in [3.05, 3.63) is 70.9 Å². The molecule has 5 heteroatoms. The van der Waals surface area contributed by atoms with Crippen molar-refractivity contribution in [2.75, 3.05) is 4.90 Å². The van der Waals surface area contributed by atoms with Crippen LogP contribution in [0.25, 0.3) is 6.08 Å². The van der Waals surface area contributed by atoms with E-state index in [0.717, 1.165) is 10.5 Å². The summed E-state index contributed by atoms with van der Waals surface area (Å²) in [4.78, 5) is 25.4. The van der Waals surface area contributed by atoms with Crippen molar-refractivity contribution in [3.8, 4) is 0 Å². The van der Waals surface area contributed by atoms with Crippen LogP contribution < -0.4 is 10.2 Å². The van der Waals surface area contributed by atoms with E-state index in [9.17, 15) is 9.59 Å². The van der Waals surface area contributed by atoms with Gasteiger partial charge in [-0.1, -0.05) is 41.9 Å². The molecule has 21 heavy (non-hydrogen) atoms. The number of urea groups is 1. The summed E-state index contributed by atoms with van der Waals surface area (Å²) in [5, 5.41) is 3.15. The number of carbonyl (C=O) groups is 2. The quantitative estimate of drug-likeness (QED) is 0.682. The zero-order valence-electron chi connectivity index (χ0n) is 10.9. The van der Waals surface area contributed by atoms with Crippen molar-refractivity contribution in [1.82, 2.24) is 5.32 Å². The Balaban J connectivity index is 1.94. The van der Waals surface area contributed by atoms with Gasteiger partial charge in [-0.25, -0.2) is 9.69 Å². The van der Waals surface area contributed by atoms with Gasteiger partial charge in [-0.3, -0.25) is 4.79 Å². The molecular formula is C16H11ClN2O2. The Morgan fingerprint density at radius 3 is 2.48 bits per heavy atom. The molecule has 0 radical (unpaired) electrons. The normalized spacial score (nSPS) is 16.4. The average Bonchev–Trinajstić information content (AvgIpc) is 2.74. The van der Waals surface area contributed by atoms with Crippen LogP contribution in [-0.2, 0) is 4.79 Å². The summed E-state index contributed by atoms with van der Waals surface area (Å²) in [6.07, 6.45) is 1.61. The number of rotatable bonds is 2. The molecule has 1 fully saturated rings. The standard InChI is InChI=1S/C16H11ClN2O2/c17-12-6-4-5-11(9-12)10-14-15(20)19(16(21)18-14)13-7-2-1-3-8-13/h1-10H,(H,18,21). The zero-order valence-corrected chi connectivity index (χ0v) is 11.7. The monoisotopic (exact) mass is 298 g/mol. The molecule has 0 bridgehead atoms. The molecule has 2 aromatic carbocycles. The first-order chi connectivity index (χ1) is 10.1. The third-order valence-electron chi connectivity index (χ3n) is 3.05. The molecule has 1 saturated heterocycles. The van der Waals surface area contributed by atoms with Gasteiger partial charge in [0.2, 0.25) is 0 Å². The van der Waals surface area contributed by atoms with Crippen molar-refractivity contribution in [3.63, 3.8) is 0 Å². The molecule has 104 valence electrons. The predicted octanol–water partition coefficient (Wildman–Crippen LogP) is 3.44. The molecule has 3 amide bonds. The topological polar surface area (TPSA) is 49.4 Å². The smallest absolute Gasteiger partial charge is 0.302 e. The maximum Gasteiger partial charge on any atom is 0.333 e. The van der Waals surface area contributed by atoms with Crippen LogP contribution in [0.2, 0.25) is 5.02 Å². The highest BCUT2D eigenvalue weighted by Crippen LogP contribution is 2.22. The number of imide groups is 1. The predicted molar refractivity (Wildman–Crippen MR) is 81.9 cm³/mol. The van der Waals surface area contributed by atoms with Crippen LogP contribution in [-0.4, -0.2) is 11.9 Å². The number of para-hydroxylation sites is 1. The van der Waals surface area contributed by atoms with Gasteiger partial charge in [0.05, 0.1) is 5.69 Å². The molecule has 2 aromatic rings. The molecule has 1 N–H and O–H groups in total. The van der Waals surface area contributed by atoms with Gasteiger partial charge in [-0.15, -0.1) is 0 Å². The number of anilines is 1. The maximum absolute atomic E-state index is 12.3. The molecule has 0 aliphatic carbocycles. The van der Waals surface area contributed by atoms with Crippen molar-refractivity contribution < 1.29 is 9.59 Å². The van der Waals surface area contributed by atoms with Crippen LogP contribution in [0, 0.1) is 0 Å². The average molecular weight is 299 g/mol. The molecule has 3 rings (SSSR count). The number of hydrogen-bond donors (Lipinski definition) is 1. The van der Waals surface area contributed by atoms with E-state index in [-0.39, 0.29) is 11.6 Å². The van der Waals surface area contributed by atoms with Crippen LogP contribution in [0.1, 0.15) is 5.56 Å². The molecule has 1 aliphatic heterocycles. The van der Waals surface area contributed by atoms with Gasteiger partial charge in [0.1, 0.15) is 5.70 Å². The van der Waals surface area contributed by atoms with Crippen LogP contribution in [0.4, 0.5) is 10.5 Å². The van der Waals surface area contributed by atoms with Gasteiger partial charge >= 0.3 is 6.03 Å². The second kappa shape index (κ2) is 5.42. The van der Waals surface area contributed by atoms with Crippen molar-refractivity contribution in [2.24, 2.45) is 0 Å². The Kier molecular flexibility index (Phi) is 3.46. The Labute approximate surface area is 126 Å². The lowest BCUT2D eigenvalue weighted by molar-refractivity contribution is -0.113. The number of benzene rings is 2. The Morgan fingerprint density at radius 2 is 1.76 bits per heavy atom. The van der Waals surface area contributed by atoms with Gasteiger partial charge in [-0.05, 0) is 35.9 Å². The molecule has 4 nitrogen and oxygen atoms in total. The lowest BCUT2D eigenvalue weighted by Crippen LogP contribution is -2.30. The van der Waals surface area contributed by atoms with E-state index in [1.165, 1.54) is 0 Å². The summed E-state index contributed by atoms with van der Waals surface area (Å²) in [5.74, 6) is -0.383. The lowest BCUT2D eigenvalue weighted by atomic mass is 10.2.